The molecule has 0 radical (unpaired) electrons. The van der Waals surface area contributed by atoms with Crippen molar-refractivity contribution in [1.29, 1.82) is 0 Å². The molecule has 1 aliphatic heterocycles. The van der Waals surface area contributed by atoms with E-state index in [-0.39, 0.29) is 11.7 Å². The second-order valence-corrected chi connectivity index (χ2v) is 6.57. The Kier molecular flexibility index (Phi) is 4.83. The molecule has 2 heterocycles. The topological polar surface area (TPSA) is 45.2 Å². The van der Waals surface area contributed by atoms with Crippen LogP contribution in [-0.4, -0.2) is 24.0 Å². The molecule has 0 saturated carbocycles. The maximum absolute atomic E-state index is 12.9. The summed E-state index contributed by atoms with van der Waals surface area (Å²) in [5.74, 6) is -0.297. The third-order valence-corrected chi connectivity index (χ3v) is 4.77. The van der Waals surface area contributed by atoms with Gasteiger partial charge in [0, 0.05) is 18.8 Å². The predicted molar refractivity (Wildman–Crippen MR) is 105 cm³/mol. The van der Waals surface area contributed by atoms with Gasteiger partial charge in [0.1, 0.15) is 11.5 Å². The Labute approximate surface area is 157 Å². The quantitative estimate of drug-likeness (QED) is 0.745. The molecule has 0 bridgehead atoms. The largest absolute Gasteiger partial charge is 0.383 e. The van der Waals surface area contributed by atoms with Crippen LogP contribution in [-0.2, 0) is 12.8 Å². The molecule has 1 amide bonds. The first-order valence-corrected chi connectivity index (χ1v) is 9.05. The highest BCUT2D eigenvalue weighted by Gasteiger charge is 2.25. The zero-order chi connectivity index (χ0) is 18.6. The van der Waals surface area contributed by atoms with E-state index in [2.05, 4.69) is 16.4 Å². The number of para-hydroxylation sites is 1. The molecular formula is C22H20FN3O. The minimum atomic E-state index is -0.225. The molecule has 4 rings (SSSR count). The Balaban J connectivity index is 1.36. The van der Waals surface area contributed by atoms with Crippen molar-refractivity contribution in [3.63, 3.8) is 0 Å². The molecule has 4 nitrogen and oxygen atoms in total. The van der Waals surface area contributed by atoms with Gasteiger partial charge in [0.2, 0.25) is 0 Å². The molecule has 0 saturated heterocycles. The molecule has 136 valence electrons. The Bertz CT molecular complexity index is 939. The van der Waals surface area contributed by atoms with E-state index in [0.717, 1.165) is 29.8 Å². The van der Waals surface area contributed by atoms with Crippen molar-refractivity contribution >= 4 is 17.3 Å². The van der Waals surface area contributed by atoms with Gasteiger partial charge in [-0.05, 0) is 54.3 Å². The molecule has 0 spiro atoms. The standard InChI is InChI=1S/C22H20FN3O/c23-18-7-5-16(6-8-18)11-13-24-19-9-10-20(25-15-19)22(27)26-14-12-17-3-1-2-4-21(17)26/h1-10,15,24H,11-14H2. The smallest absolute Gasteiger partial charge is 0.276 e. The Hall–Kier alpha value is -3.21. The number of nitrogens with zero attached hydrogens (tertiary/aromatic N) is 2. The summed E-state index contributed by atoms with van der Waals surface area (Å²) >= 11 is 0. The molecule has 0 atom stereocenters. The van der Waals surface area contributed by atoms with E-state index in [9.17, 15) is 9.18 Å². The average Bonchev–Trinajstić information content (AvgIpc) is 3.14. The van der Waals surface area contributed by atoms with Crippen LogP contribution in [0.25, 0.3) is 0 Å². The highest BCUT2D eigenvalue weighted by Crippen LogP contribution is 2.28. The molecule has 1 N–H and O–H groups in total. The van der Waals surface area contributed by atoms with Crippen molar-refractivity contribution in [3.05, 3.63) is 89.5 Å². The highest BCUT2D eigenvalue weighted by molar-refractivity contribution is 6.06. The lowest BCUT2D eigenvalue weighted by molar-refractivity contribution is 0.0984. The normalized spacial score (nSPS) is 12.7. The first-order valence-electron chi connectivity index (χ1n) is 9.05. The van der Waals surface area contributed by atoms with Crippen molar-refractivity contribution in [3.8, 4) is 0 Å². The number of carbonyl (C=O) groups excluding carboxylic acids is 1. The monoisotopic (exact) mass is 361 g/mol. The van der Waals surface area contributed by atoms with E-state index < -0.39 is 0 Å². The third kappa shape index (κ3) is 3.82. The van der Waals surface area contributed by atoms with Crippen LogP contribution < -0.4 is 10.2 Å². The maximum atomic E-state index is 12.9. The molecule has 1 aromatic heterocycles. The van der Waals surface area contributed by atoms with Gasteiger partial charge in [0.05, 0.1) is 11.9 Å². The van der Waals surface area contributed by atoms with Crippen molar-refractivity contribution in [2.75, 3.05) is 23.3 Å². The summed E-state index contributed by atoms with van der Waals surface area (Å²) in [5.41, 5.74) is 4.54. The van der Waals surface area contributed by atoms with E-state index in [1.54, 1.807) is 29.3 Å². The van der Waals surface area contributed by atoms with Gasteiger partial charge < -0.3 is 10.2 Å². The van der Waals surface area contributed by atoms with Gasteiger partial charge in [-0.1, -0.05) is 30.3 Å². The number of amides is 1. The van der Waals surface area contributed by atoms with Gasteiger partial charge >= 0.3 is 0 Å². The van der Waals surface area contributed by atoms with E-state index in [1.807, 2.05) is 24.3 Å². The van der Waals surface area contributed by atoms with Crippen LogP contribution in [0.3, 0.4) is 0 Å². The van der Waals surface area contributed by atoms with Crippen LogP contribution in [0.5, 0.6) is 0 Å². The fourth-order valence-electron chi connectivity index (χ4n) is 3.31. The minimum absolute atomic E-state index is 0.0715. The zero-order valence-corrected chi connectivity index (χ0v) is 14.9. The SMILES string of the molecule is O=C(c1ccc(NCCc2ccc(F)cc2)cn1)N1CCc2ccccc21. The molecule has 0 fully saturated rings. The van der Waals surface area contributed by atoms with Gasteiger partial charge in [0.25, 0.3) is 5.91 Å². The number of hydrogen-bond acceptors (Lipinski definition) is 3. The number of rotatable bonds is 5. The molecule has 0 aliphatic carbocycles. The first kappa shape index (κ1) is 17.2. The molecule has 5 heteroatoms. The molecule has 27 heavy (non-hydrogen) atoms. The number of benzene rings is 2. The van der Waals surface area contributed by atoms with Gasteiger partial charge in [-0.2, -0.15) is 0 Å². The Morgan fingerprint density at radius 1 is 1.07 bits per heavy atom. The number of carbonyl (C=O) groups is 1. The number of hydrogen-bond donors (Lipinski definition) is 1. The summed E-state index contributed by atoms with van der Waals surface area (Å²) in [7, 11) is 0. The Morgan fingerprint density at radius 2 is 1.89 bits per heavy atom. The van der Waals surface area contributed by atoms with Crippen LogP contribution in [0.4, 0.5) is 15.8 Å². The second-order valence-electron chi connectivity index (χ2n) is 6.57. The molecule has 3 aromatic rings. The van der Waals surface area contributed by atoms with E-state index in [4.69, 9.17) is 0 Å². The summed E-state index contributed by atoms with van der Waals surface area (Å²) in [6.45, 7) is 1.40. The lowest BCUT2D eigenvalue weighted by Crippen LogP contribution is -2.29. The number of anilines is 2. The van der Waals surface area contributed by atoms with Crippen molar-refractivity contribution in [2.24, 2.45) is 0 Å². The lowest BCUT2D eigenvalue weighted by Gasteiger charge is -2.17. The molecule has 2 aromatic carbocycles. The number of pyridine rings is 1. The van der Waals surface area contributed by atoms with E-state index in [1.165, 1.54) is 17.7 Å². The van der Waals surface area contributed by atoms with Crippen molar-refractivity contribution in [1.82, 2.24) is 4.98 Å². The Morgan fingerprint density at radius 3 is 2.67 bits per heavy atom. The number of halogens is 1. The average molecular weight is 361 g/mol. The van der Waals surface area contributed by atoms with Crippen LogP contribution in [0.15, 0.2) is 66.9 Å². The third-order valence-electron chi connectivity index (χ3n) is 4.77. The summed E-state index contributed by atoms with van der Waals surface area (Å²) in [4.78, 5) is 18.9. The molecule has 0 unspecified atom stereocenters. The highest BCUT2D eigenvalue weighted by atomic mass is 19.1. The van der Waals surface area contributed by atoms with Crippen molar-refractivity contribution in [2.45, 2.75) is 12.8 Å². The van der Waals surface area contributed by atoms with Crippen LogP contribution in [0, 0.1) is 5.82 Å². The van der Waals surface area contributed by atoms with Crippen LogP contribution >= 0.6 is 0 Å². The maximum Gasteiger partial charge on any atom is 0.276 e. The van der Waals surface area contributed by atoms with E-state index in [0.29, 0.717) is 18.8 Å². The lowest BCUT2D eigenvalue weighted by atomic mass is 10.1. The summed E-state index contributed by atoms with van der Waals surface area (Å²) in [6.07, 6.45) is 3.34. The number of aromatic nitrogens is 1. The predicted octanol–water partition coefficient (Wildman–Crippen LogP) is 4.08. The zero-order valence-electron chi connectivity index (χ0n) is 14.9. The summed E-state index contributed by atoms with van der Waals surface area (Å²) in [6, 6.07) is 18.1. The fraction of sp³-hybridized carbons (Fsp3) is 0.182. The van der Waals surface area contributed by atoms with Crippen LogP contribution in [0.2, 0.25) is 0 Å². The summed E-state index contributed by atoms with van der Waals surface area (Å²) < 4.78 is 12.9. The van der Waals surface area contributed by atoms with Gasteiger partial charge in [-0.15, -0.1) is 0 Å². The van der Waals surface area contributed by atoms with Gasteiger partial charge in [-0.3, -0.25) is 4.79 Å². The van der Waals surface area contributed by atoms with Gasteiger partial charge in [-0.25, -0.2) is 9.37 Å². The first-order chi connectivity index (χ1) is 13.2. The second kappa shape index (κ2) is 7.58. The number of nitrogens with one attached hydrogen (secondary N) is 1. The number of fused-ring (bicyclic) bond motifs is 1. The van der Waals surface area contributed by atoms with Crippen molar-refractivity contribution < 1.29 is 9.18 Å². The molecular weight excluding hydrogens is 341 g/mol. The van der Waals surface area contributed by atoms with Gasteiger partial charge in [0.15, 0.2) is 0 Å². The summed E-state index contributed by atoms with van der Waals surface area (Å²) in [5, 5.41) is 3.28. The fourth-order valence-corrected chi connectivity index (χ4v) is 3.31. The van der Waals surface area contributed by atoms with Crippen LogP contribution in [0.1, 0.15) is 21.6 Å². The van der Waals surface area contributed by atoms with E-state index >= 15 is 0 Å². The molecule has 1 aliphatic rings. The minimum Gasteiger partial charge on any atom is -0.383 e.